The zero-order valence-corrected chi connectivity index (χ0v) is 16.7. The van der Waals surface area contributed by atoms with Crippen molar-refractivity contribution in [3.63, 3.8) is 0 Å². The van der Waals surface area contributed by atoms with Crippen LogP contribution in [0, 0.1) is 5.82 Å². The van der Waals surface area contributed by atoms with E-state index in [0.29, 0.717) is 31.5 Å². The van der Waals surface area contributed by atoms with Crippen LogP contribution in [-0.4, -0.2) is 35.8 Å². The smallest absolute Gasteiger partial charge is 0.254 e. The SMILES string of the molecule is O=C(NC1CCN(C(=O)c2ccc3c4c(cccc24)CC3)CC1)c1ccc(F)cc1. The number of hydrogen-bond donors (Lipinski definition) is 1. The molecule has 2 aliphatic rings. The number of amides is 2. The first-order valence-electron chi connectivity index (χ1n) is 10.5. The van der Waals surface area contributed by atoms with E-state index in [4.69, 9.17) is 0 Å². The molecule has 0 aromatic heterocycles. The van der Waals surface area contributed by atoms with E-state index in [2.05, 4.69) is 23.5 Å². The summed E-state index contributed by atoms with van der Waals surface area (Å²) in [6, 6.07) is 15.9. The Hall–Kier alpha value is -3.21. The molecule has 1 fully saturated rings. The molecule has 0 atom stereocenters. The minimum Gasteiger partial charge on any atom is -0.349 e. The lowest BCUT2D eigenvalue weighted by molar-refractivity contribution is 0.0700. The molecule has 5 heteroatoms. The largest absolute Gasteiger partial charge is 0.349 e. The van der Waals surface area contributed by atoms with Gasteiger partial charge in [-0.2, -0.15) is 0 Å². The van der Waals surface area contributed by atoms with Crippen molar-refractivity contribution in [2.75, 3.05) is 13.1 Å². The van der Waals surface area contributed by atoms with Gasteiger partial charge < -0.3 is 10.2 Å². The average Bonchev–Trinajstić information content (AvgIpc) is 3.19. The van der Waals surface area contributed by atoms with E-state index in [-0.39, 0.29) is 23.7 Å². The van der Waals surface area contributed by atoms with Gasteiger partial charge in [0.15, 0.2) is 0 Å². The fraction of sp³-hybridized carbons (Fsp3) is 0.280. The van der Waals surface area contributed by atoms with Crippen molar-refractivity contribution in [2.45, 2.75) is 31.7 Å². The first kappa shape index (κ1) is 18.8. The highest BCUT2D eigenvalue weighted by Gasteiger charge is 2.27. The summed E-state index contributed by atoms with van der Waals surface area (Å²) in [4.78, 5) is 27.5. The van der Waals surface area contributed by atoms with E-state index in [1.165, 1.54) is 40.8 Å². The molecule has 0 saturated carbocycles. The van der Waals surface area contributed by atoms with Gasteiger partial charge in [-0.15, -0.1) is 0 Å². The number of benzene rings is 3. The Morgan fingerprint density at radius 1 is 0.900 bits per heavy atom. The number of piperidine rings is 1. The van der Waals surface area contributed by atoms with Crippen molar-refractivity contribution in [1.29, 1.82) is 0 Å². The van der Waals surface area contributed by atoms with Crippen molar-refractivity contribution in [3.8, 4) is 0 Å². The van der Waals surface area contributed by atoms with Gasteiger partial charge in [0.05, 0.1) is 0 Å². The van der Waals surface area contributed by atoms with Crippen molar-refractivity contribution >= 4 is 22.6 Å². The van der Waals surface area contributed by atoms with Crippen LogP contribution in [0.3, 0.4) is 0 Å². The fourth-order valence-electron chi connectivity index (χ4n) is 4.70. The molecule has 1 N–H and O–H groups in total. The minimum atomic E-state index is -0.360. The highest BCUT2D eigenvalue weighted by molar-refractivity contribution is 6.09. The standard InChI is InChI=1S/C25H23FN2O2/c26-19-9-6-18(7-10-19)24(29)27-20-12-14-28(15-13-20)25(30)22-11-8-17-5-4-16-2-1-3-21(22)23(16)17/h1-3,6-11,20H,4-5,12-15H2,(H,27,29). The van der Waals surface area contributed by atoms with Crippen LogP contribution in [0.1, 0.15) is 44.7 Å². The predicted molar refractivity (Wildman–Crippen MR) is 114 cm³/mol. The topological polar surface area (TPSA) is 49.4 Å². The van der Waals surface area contributed by atoms with Crippen LogP contribution in [0.25, 0.3) is 10.8 Å². The lowest BCUT2D eigenvalue weighted by Crippen LogP contribution is -2.46. The van der Waals surface area contributed by atoms with Gasteiger partial charge in [-0.25, -0.2) is 4.39 Å². The number of hydrogen-bond acceptors (Lipinski definition) is 2. The third-order valence-corrected chi connectivity index (χ3v) is 6.33. The number of carbonyl (C=O) groups excluding carboxylic acids is 2. The molecule has 4 nitrogen and oxygen atoms in total. The molecular formula is C25H23FN2O2. The zero-order valence-electron chi connectivity index (χ0n) is 16.7. The summed E-state index contributed by atoms with van der Waals surface area (Å²) in [6.45, 7) is 1.21. The molecule has 1 aliphatic heterocycles. The lowest BCUT2D eigenvalue weighted by Gasteiger charge is -2.32. The van der Waals surface area contributed by atoms with Crippen LogP contribution < -0.4 is 5.32 Å². The molecule has 3 aromatic carbocycles. The van der Waals surface area contributed by atoms with Crippen molar-refractivity contribution < 1.29 is 14.0 Å². The summed E-state index contributed by atoms with van der Waals surface area (Å²) >= 11 is 0. The van der Waals surface area contributed by atoms with Gasteiger partial charge in [0.25, 0.3) is 11.8 Å². The number of halogens is 1. The van der Waals surface area contributed by atoms with Crippen molar-refractivity contribution in [3.05, 3.63) is 82.7 Å². The maximum absolute atomic E-state index is 13.2. The summed E-state index contributed by atoms with van der Waals surface area (Å²) < 4.78 is 13.0. The lowest BCUT2D eigenvalue weighted by atomic mass is 9.97. The molecule has 0 radical (unpaired) electrons. The van der Waals surface area contributed by atoms with Crippen LogP contribution >= 0.6 is 0 Å². The Balaban J connectivity index is 1.26. The molecule has 1 saturated heterocycles. The Bertz CT molecular complexity index is 1120. The van der Waals surface area contributed by atoms with Gasteiger partial charge in [-0.3, -0.25) is 9.59 Å². The van der Waals surface area contributed by atoms with Crippen molar-refractivity contribution in [2.24, 2.45) is 0 Å². The molecule has 1 aliphatic carbocycles. The van der Waals surface area contributed by atoms with Crippen LogP contribution in [-0.2, 0) is 12.8 Å². The second kappa shape index (κ2) is 7.56. The number of nitrogens with zero attached hydrogens (tertiary/aromatic N) is 1. The Morgan fingerprint density at radius 2 is 1.60 bits per heavy atom. The van der Waals surface area contributed by atoms with Crippen molar-refractivity contribution in [1.82, 2.24) is 10.2 Å². The monoisotopic (exact) mass is 402 g/mol. The van der Waals surface area contributed by atoms with Gasteiger partial charge in [0, 0.05) is 30.3 Å². The molecule has 5 rings (SSSR count). The number of likely N-dealkylation sites (tertiary alicyclic amines) is 1. The summed E-state index contributed by atoms with van der Waals surface area (Å²) in [7, 11) is 0. The van der Waals surface area contributed by atoms with E-state index in [9.17, 15) is 14.0 Å². The summed E-state index contributed by atoms with van der Waals surface area (Å²) in [6.07, 6.45) is 3.51. The van der Waals surface area contributed by atoms with E-state index in [1.807, 2.05) is 17.0 Å². The Kier molecular flexibility index (Phi) is 4.74. The molecule has 0 spiro atoms. The number of rotatable bonds is 3. The number of aryl methyl sites for hydroxylation is 2. The normalized spacial score (nSPS) is 16.1. The molecule has 0 unspecified atom stereocenters. The molecule has 30 heavy (non-hydrogen) atoms. The second-order valence-corrected chi connectivity index (χ2v) is 8.16. The number of carbonyl (C=O) groups is 2. The fourth-order valence-corrected chi connectivity index (χ4v) is 4.70. The summed E-state index contributed by atoms with van der Waals surface area (Å²) in [5.74, 6) is -0.498. The highest BCUT2D eigenvalue weighted by atomic mass is 19.1. The summed E-state index contributed by atoms with van der Waals surface area (Å²) in [5, 5.41) is 5.32. The van der Waals surface area contributed by atoms with E-state index in [0.717, 1.165) is 23.8 Å². The molecule has 152 valence electrons. The van der Waals surface area contributed by atoms with E-state index in [1.54, 1.807) is 0 Å². The van der Waals surface area contributed by atoms with Gasteiger partial charge in [0.1, 0.15) is 5.82 Å². The quantitative estimate of drug-likeness (QED) is 0.717. The van der Waals surface area contributed by atoms with Gasteiger partial charge in [-0.05, 0) is 77.9 Å². The molecule has 1 heterocycles. The van der Waals surface area contributed by atoms with Gasteiger partial charge in [-0.1, -0.05) is 24.3 Å². The minimum absolute atomic E-state index is 0.0133. The van der Waals surface area contributed by atoms with Crippen LogP contribution in [0.15, 0.2) is 54.6 Å². The van der Waals surface area contributed by atoms with E-state index < -0.39 is 0 Å². The van der Waals surface area contributed by atoms with Gasteiger partial charge >= 0.3 is 0 Å². The molecule has 2 amide bonds. The van der Waals surface area contributed by atoms with Crippen LogP contribution in [0.5, 0.6) is 0 Å². The van der Waals surface area contributed by atoms with Crippen LogP contribution in [0.2, 0.25) is 0 Å². The molecule has 3 aromatic rings. The first-order chi connectivity index (χ1) is 14.6. The third kappa shape index (κ3) is 3.34. The first-order valence-corrected chi connectivity index (χ1v) is 10.5. The Morgan fingerprint density at radius 3 is 2.33 bits per heavy atom. The van der Waals surface area contributed by atoms with E-state index >= 15 is 0 Å². The summed E-state index contributed by atoms with van der Waals surface area (Å²) in [5.41, 5.74) is 3.88. The molecular weight excluding hydrogens is 379 g/mol. The zero-order chi connectivity index (χ0) is 20.7. The highest BCUT2D eigenvalue weighted by Crippen LogP contribution is 2.33. The Labute approximate surface area is 174 Å². The predicted octanol–water partition coefficient (Wildman–Crippen LogP) is 4.11. The maximum Gasteiger partial charge on any atom is 0.254 e. The average molecular weight is 402 g/mol. The third-order valence-electron chi connectivity index (χ3n) is 6.33. The second-order valence-electron chi connectivity index (χ2n) is 8.16. The van der Waals surface area contributed by atoms with Crippen LogP contribution in [0.4, 0.5) is 4.39 Å². The molecule has 0 bridgehead atoms. The number of nitrogens with one attached hydrogen (secondary N) is 1. The van der Waals surface area contributed by atoms with Gasteiger partial charge in [0.2, 0.25) is 0 Å². The maximum atomic E-state index is 13.2.